The molecule has 1 fully saturated rings. The van der Waals surface area contributed by atoms with Crippen molar-refractivity contribution in [2.24, 2.45) is 5.92 Å². The molecule has 1 aliphatic rings. The molecular formula is C16H21NO4. The molecule has 1 atom stereocenters. The van der Waals surface area contributed by atoms with Crippen LogP contribution >= 0.6 is 0 Å². The molecule has 2 rings (SSSR count). The number of carboxylic acid groups (broad SMARTS) is 1. The average molecular weight is 291 g/mol. The van der Waals surface area contributed by atoms with Gasteiger partial charge in [-0.25, -0.2) is 4.79 Å². The van der Waals surface area contributed by atoms with Crippen molar-refractivity contribution in [2.45, 2.75) is 26.7 Å². The molecule has 114 valence electrons. The third-order valence-electron chi connectivity index (χ3n) is 3.78. The van der Waals surface area contributed by atoms with Crippen molar-refractivity contribution in [3.63, 3.8) is 0 Å². The first-order chi connectivity index (χ1) is 9.97. The molecule has 0 aliphatic carbocycles. The summed E-state index contributed by atoms with van der Waals surface area (Å²) >= 11 is 0. The third kappa shape index (κ3) is 3.97. The maximum Gasteiger partial charge on any atom is 0.335 e. The minimum Gasteiger partial charge on any atom is -0.483 e. The van der Waals surface area contributed by atoms with Gasteiger partial charge in [-0.15, -0.1) is 0 Å². The molecule has 1 aliphatic heterocycles. The summed E-state index contributed by atoms with van der Waals surface area (Å²) in [5, 5.41) is 8.91. The molecule has 5 heteroatoms. The van der Waals surface area contributed by atoms with Gasteiger partial charge in [-0.3, -0.25) is 4.79 Å². The number of nitrogens with zero attached hydrogens (tertiary/aromatic N) is 1. The molecule has 0 saturated carbocycles. The van der Waals surface area contributed by atoms with Gasteiger partial charge in [0.2, 0.25) is 0 Å². The largest absolute Gasteiger partial charge is 0.483 e. The molecule has 1 heterocycles. The minimum atomic E-state index is -0.969. The van der Waals surface area contributed by atoms with Gasteiger partial charge >= 0.3 is 5.97 Å². The van der Waals surface area contributed by atoms with Crippen molar-refractivity contribution in [1.29, 1.82) is 0 Å². The molecule has 0 radical (unpaired) electrons. The molecule has 1 N–H and O–H groups in total. The van der Waals surface area contributed by atoms with Crippen LogP contribution in [0.4, 0.5) is 0 Å². The molecule has 1 unspecified atom stereocenters. The van der Waals surface area contributed by atoms with E-state index in [-0.39, 0.29) is 18.1 Å². The maximum atomic E-state index is 12.1. The number of carbonyl (C=O) groups excluding carboxylic acids is 1. The van der Waals surface area contributed by atoms with E-state index < -0.39 is 5.97 Å². The Labute approximate surface area is 124 Å². The monoisotopic (exact) mass is 291 g/mol. The standard InChI is InChI=1S/C16H21NO4/c1-11-4-3-7-17(9-11)15(18)10-21-14-6-5-13(16(19)20)8-12(14)2/h5-6,8,11H,3-4,7,9-10H2,1-2H3,(H,19,20). The molecule has 0 bridgehead atoms. The summed E-state index contributed by atoms with van der Waals surface area (Å²) in [6.07, 6.45) is 2.21. The average Bonchev–Trinajstić information content (AvgIpc) is 2.45. The van der Waals surface area contributed by atoms with E-state index in [4.69, 9.17) is 9.84 Å². The summed E-state index contributed by atoms with van der Waals surface area (Å²) in [4.78, 5) is 24.8. The molecular weight excluding hydrogens is 270 g/mol. The van der Waals surface area contributed by atoms with Gasteiger partial charge in [-0.05, 0) is 49.4 Å². The van der Waals surface area contributed by atoms with Crippen LogP contribution in [0, 0.1) is 12.8 Å². The van der Waals surface area contributed by atoms with Crippen LogP contribution in [-0.2, 0) is 4.79 Å². The van der Waals surface area contributed by atoms with Gasteiger partial charge in [0.25, 0.3) is 5.91 Å². The molecule has 5 nitrogen and oxygen atoms in total. The number of aryl methyl sites for hydroxylation is 1. The highest BCUT2D eigenvalue weighted by molar-refractivity contribution is 5.88. The summed E-state index contributed by atoms with van der Waals surface area (Å²) in [7, 11) is 0. The highest BCUT2D eigenvalue weighted by atomic mass is 16.5. The minimum absolute atomic E-state index is 0.0000217. The summed E-state index contributed by atoms with van der Waals surface area (Å²) < 4.78 is 5.54. The van der Waals surface area contributed by atoms with Crippen LogP contribution in [0.3, 0.4) is 0 Å². The van der Waals surface area contributed by atoms with Gasteiger partial charge in [-0.2, -0.15) is 0 Å². The van der Waals surface area contributed by atoms with Gasteiger partial charge in [0, 0.05) is 13.1 Å². The topological polar surface area (TPSA) is 66.8 Å². The zero-order valence-electron chi connectivity index (χ0n) is 12.5. The summed E-state index contributed by atoms with van der Waals surface area (Å²) in [5.41, 5.74) is 0.936. The number of carbonyl (C=O) groups is 2. The maximum absolute atomic E-state index is 12.1. The number of benzene rings is 1. The van der Waals surface area contributed by atoms with E-state index in [1.807, 2.05) is 4.90 Å². The normalized spacial score (nSPS) is 18.4. The zero-order chi connectivity index (χ0) is 15.4. The quantitative estimate of drug-likeness (QED) is 0.924. The predicted molar refractivity (Wildman–Crippen MR) is 78.6 cm³/mol. The summed E-state index contributed by atoms with van der Waals surface area (Å²) in [6, 6.07) is 4.63. The number of ether oxygens (including phenoxy) is 1. The first kappa shape index (κ1) is 15.4. The molecule has 21 heavy (non-hydrogen) atoms. The van der Waals surface area contributed by atoms with Crippen LogP contribution < -0.4 is 4.74 Å². The fraction of sp³-hybridized carbons (Fsp3) is 0.500. The van der Waals surface area contributed by atoms with E-state index in [0.717, 1.165) is 25.1 Å². The lowest BCUT2D eigenvalue weighted by molar-refractivity contribution is -0.135. The van der Waals surface area contributed by atoms with Gasteiger partial charge < -0.3 is 14.7 Å². The highest BCUT2D eigenvalue weighted by Gasteiger charge is 2.21. The van der Waals surface area contributed by atoms with Crippen LogP contribution in [-0.4, -0.2) is 41.6 Å². The lowest BCUT2D eigenvalue weighted by Crippen LogP contribution is -2.41. The van der Waals surface area contributed by atoms with Crippen molar-refractivity contribution in [2.75, 3.05) is 19.7 Å². The van der Waals surface area contributed by atoms with Crippen LogP contribution in [0.5, 0.6) is 5.75 Å². The van der Waals surface area contributed by atoms with Crippen LogP contribution in [0.1, 0.15) is 35.7 Å². The second kappa shape index (κ2) is 6.61. The SMILES string of the molecule is Cc1cc(C(=O)O)ccc1OCC(=O)N1CCCC(C)C1. The van der Waals surface area contributed by atoms with Gasteiger partial charge in [0.05, 0.1) is 5.56 Å². The van der Waals surface area contributed by atoms with E-state index in [2.05, 4.69) is 6.92 Å². The van der Waals surface area contributed by atoms with Crippen LogP contribution in [0.2, 0.25) is 0 Å². The van der Waals surface area contributed by atoms with E-state index in [1.165, 1.54) is 12.5 Å². The highest BCUT2D eigenvalue weighted by Crippen LogP contribution is 2.20. The van der Waals surface area contributed by atoms with Gasteiger partial charge in [0.1, 0.15) is 5.75 Å². The van der Waals surface area contributed by atoms with E-state index in [1.54, 1.807) is 19.1 Å². The fourth-order valence-electron chi connectivity index (χ4n) is 2.59. The first-order valence-electron chi connectivity index (χ1n) is 7.22. The Balaban J connectivity index is 1.93. The number of hydrogen-bond donors (Lipinski definition) is 1. The lowest BCUT2D eigenvalue weighted by Gasteiger charge is -2.30. The van der Waals surface area contributed by atoms with Crippen LogP contribution in [0.15, 0.2) is 18.2 Å². The number of rotatable bonds is 4. The smallest absolute Gasteiger partial charge is 0.335 e. The number of hydrogen-bond acceptors (Lipinski definition) is 3. The molecule has 1 amide bonds. The van der Waals surface area contributed by atoms with Gasteiger partial charge in [0.15, 0.2) is 6.61 Å². The van der Waals surface area contributed by atoms with Crippen molar-refractivity contribution in [1.82, 2.24) is 4.90 Å². The molecule has 1 aromatic carbocycles. The van der Waals surface area contributed by atoms with Crippen LogP contribution in [0.25, 0.3) is 0 Å². The van der Waals surface area contributed by atoms with E-state index in [9.17, 15) is 9.59 Å². The molecule has 0 aromatic heterocycles. The van der Waals surface area contributed by atoms with Crippen molar-refractivity contribution >= 4 is 11.9 Å². The Morgan fingerprint density at radius 1 is 1.43 bits per heavy atom. The number of likely N-dealkylation sites (tertiary alicyclic amines) is 1. The Hall–Kier alpha value is -2.04. The number of carboxylic acids is 1. The molecule has 1 aromatic rings. The van der Waals surface area contributed by atoms with Crippen molar-refractivity contribution in [3.05, 3.63) is 29.3 Å². The Bertz CT molecular complexity index is 541. The Morgan fingerprint density at radius 2 is 2.19 bits per heavy atom. The predicted octanol–water partition coefficient (Wildman–Crippen LogP) is 2.33. The second-order valence-corrected chi connectivity index (χ2v) is 5.66. The van der Waals surface area contributed by atoms with Crippen molar-refractivity contribution < 1.29 is 19.4 Å². The zero-order valence-corrected chi connectivity index (χ0v) is 12.5. The Morgan fingerprint density at radius 3 is 2.81 bits per heavy atom. The first-order valence-corrected chi connectivity index (χ1v) is 7.22. The summed E-state index contributed by atoms with van der Waals surface area (Å²) in [5.74, 6) is 0.115. The Kier molecular flexibility index (Phi) is 4.83. The van der Waals surface area contributed by atoms with Gasteiger partial charge in [-0.1, -0.05) is 6.92 Å². The number of amides is 1. The third-order valence-corrected chi connectivity index (χ3v) is 3.78. The fourth-order valence-corrected chi connectivity index (χ4v) is 2.59. The molecule has 0 spiro atoms. The number of aromatic carboxylic acids is 1. The number of piperidine rings is 1. The van der Waals surface area contributed by atoms with E-state index >= 15 is 0 Å². The van der Waals surface area contributed by atoms with E-state index in [0.29, 0.717) is 11.7 Å². The second-order valence-electron chi connectivity index (χ2n) is 5.66. The van der Waals surface area contributed by atoms with Crippen molar-refractivity contribution in [3.8, 4) is 5.75 Å². The molecule has 1 saturated heterocycles. The lowest BCUT2D eigenvalue weighted by atomic mass is 10.0. The summed E-state index contributed by atoms with van der Waals surface area (Å²) in [6.45, 7) is 5.51.